The summed E-state index contributed by atoms with van der Waals surface area (Å²) in [6.45, 7) is 2.27. The molecule has 0 saturated heterocycles. The third-order valence-corrected chi connectivity index (χ3v) is 6.13. The lowest BCUT2D eigenvalue weighted by molar-refractivity contribution is 0.438. The molecule has 1 nitrogen and oxygen atoms in total. The third kappa shape index (κ3) is 3.20. The molecule has 1 aromatic rings. The third-order valence-electron chi connectivity index (χ3n) is 4.41. The van der Waals surface area contributed by atoms with E-state index >= 15 is 0 Å². The summed E-state index contributed by atoms with van der Waals surface area (Å²) in [5.41, 5.74) is 3.07. The second-order valence-electron chi connectivity index (χ2n) is 5.69. The van der Waals surface area contributed by atoms with Gasteiger partial charge >= 0.3 is 0 Å². The molecule has 0 amide bonds. The largest absolute Gasteiger partial charge is 0.307 e. The van der Waals surface area contributed by atoms with Crippen LogP contribution in [0.3, 0.4) is 0 Å². The predicted octanol–water partition coefficient (Wildman–Crippen LogP) is 4.70. The van der Waals surface area contributed by atoms with Crippen molar-refractivity contribution in [2.75, 3.05) is 5.75 Å². The maximum atomic E-state index is 3.91. The van der Waals surface area contributed by atoms with Gasteiger partial charge in [0.2, 0.25) is 0 Å². The molecule has 0 aromatic heterocycles. The first-order valence-corrected chi connectivity index (χ1v) is 9.26. The second-order valence-corrected chi connectivity index (χ2v) is 8.18. The molecule has 3 rings (SSSR count). The van der Waals surface area contributed by atoms with Gasteiger partial charge in [-0.1, -0.05) is 28.9 Å². The number of nitrogens with one attached hydrogen (secondary N) is 1. The van der Waals surface area contributed by atoms with Crippen LogP contribution >= 0.6 is 27.7 Å². The van der Waals surface area contributed by atoms with Crippen molar-refractivity contribution in [3.63, 3.8) is 0 Å². The molecule has 2 aliphatic carbocycles. The average Bonchev–Trinajstić information content (AvgIpc) is 2.98. The van der Waals surface area contributed by atoms with Gasteiger partial charge in [-0.3, -0.25) is 0 Å². The molecule has 0 spiro atoms. The van der Waals surface area contributed by atoms with Gasteiger partial charge in [-0.25, -0.2) is 0 Å². The number of hydrogen-bond acceptors (Lipinski definition) is 2. The number of thioether (sulfide) groups is 1. The summed E-state index contributed by atoms with van der Waals surface area (Å²) < 4.78 is 1.21. The van der Waals surface area contributed by atoms with Gasteiger partial charge in [0.1, 0.15) is 0 Å². The Hall–Kier alpha value is 0.01000. The van der Waals surface area contributed by atoms with Gasteiger partial charge < -0.3 is 5.32 Å². The Morgan fingerprint density at radius 1 is 1.32 bits per heavy atom. The van der Waals surface area contributed by atoms with Gasteiger partial charge in [-0.05, 0) is 61.1 Å². The molecule has 0 radical (unpaired) electrons. The zero-order valence-corrected chi connectivity index (χ0v) is 13.9. The summed E-state index contributed by atoms with van der Waals surface area (Å²) in [4.78, 5) is 0. The van der Waals surface area contributed by atoms with E-state index in [9.17, 15) is 0 Å². The number of benzene rings is 1. The van der Waals surface area contributed by atoms with Crippen LogP contribution in [0, 0.1) is 0 Å². The maximum absolute atomic E-state index is 3.91. The Labute approximate surface area is 129 Å². The highest BCUT2D eigenvalue weighted by Crippen LogP contribution is 2.36. The molecule has 3 atom stereocenters. The molecule has 0 bridgehead atoms. The number of halogens is 1. The number of rotatable bonds is 4. The number of fused-ring (bicyclic) bond motifs is 1. The van der Waals surface area contributed by atoms with Crippen molar-refractivity contribution in [1.82, 2.24) is 5.32 Å². The first-order chi connectivity index (χ1) is 9.26. The van der Waals surface area contributed by atoms with E-state index < -0.39 is 0 Å². The normalized spacial score (nSPS) is 29.7. The minimum absolute atomic E-state index is 0.596. The Balaban J connectivity index is 1.61. The van der Waals surface area contributed by atoms with Crippen LogP contribution in [0.2, 0.25) is 0 Å². The summed E-state index contributed by atoms with van der Waals surface area (Å²) >= 11 is 5.72. The van der Waals surface area contributed by atoms with Crippen LogP contribution in [-0.2, 0) is 6.42 Å². The van der Waals surface area contributed by atoms with Gasteiger partial charge in [0.15, 0.2) is 0 Å². The molecule has 0 aliphatic heterocycles. The Morgan fingerprint density at radius 3 is 3.05 bits per heavy atom. The van der Waals surface area contributed by atoms with E-state index in [1.54, 1.807) is 0 Å². The number of hydrogen-bond donors (Lipinski definition) is 1. The van der Waals surface area contributed by atoms with Crippen LogP contribution in [0.1, 0.15) is 49.8 Å². The van der Waals surface area contributed by atoms with Crippen LogP contribution in [-0.4, -0.2) is 17.0 Å². The maximum Gasteiger partial charge on any atom is 0.0328 e. The Bertz CT molecular complexity index is 448. The lowest BCUT2D eigenvalue weighted by Gasteiger charge is -2.20. The fourth-order valence-corrected chi connectivity index (χ4v) is 5.07. The van der Waals surface area contributed by atoms with Crippen LogP contribution in [0.4, 0.5) is 0 Å². The lowest BCUT2D eigenvalue weighted by atomic mass is 10.1. The first-order valence-electron chi connectivity index (χ1n) is 7.42. The molecule has 1 N–H and O–H groups in total. The van der Waals surface area contributed by atoms with Gasteiger partial charge in [-0.2, -0.15) is 11.8 Å². The Kier molecular flexibility index (Phi) is 4.55. The quantitative estimate of drug-likeness (QED) is 0.853. The highest BCUT2D eigenvalue weighted by molar-refractivity contribution is 9.10. The summed E-state index contributed by atoms with van der Waals surface area (Å²) in [5, 5.41) is 4.81. The van der Waals surface area contributed by atoms with E-state index in [2.05, 4.69) is 58.1 Å². The lowest BCUT2D eigenvalue weighted by Crippen LogP contribution is -2.30. The molecule has 2 aliphatic rings. The van der Waals surface area contributed by atoms with Gasteiger partial charge in [0.25, 0.3) is 0 Å². The fourth-order valence-electron chi connectivity index (χ4n) is 3.52. The fraction of sp³-hybridized carbons (Fsp3) is 0.625. The molecule has 19 heavy (non-hydrogen) atoms. The molecule has 1 saturated carbocycles. The molecule has 3 heteroatoms. The van der Waals surface area contributed by atoms with Crippen molar-refractivity contribution in [2.45, 2.75) is 56.4 Å². The zero-order valence-electron chi connectivity index (χ0n) is 11.5. The highest BCUT2D eigenvalue weighted by Gasteiger charge is 2.29. The molecule has 0 heterocycles. The van der Waals surface area contributed by atoms with Gasteiger partial charge in [-0.15, -0.1) is 0 Å². The molecule has 1 aromatic carbocycles. The standard InChI is InChI=1S/C16H22BrNS/c1-2-19-14-6-5-13(10-14)18-16-8-3-11-9-12(17)4-7-15(11)16/h4,7,9,13-14,16,18H,2-3,5-6,8,10H2,1H3. The van der Waals surface area contributed by atoms with Crippen LogP contribution in [0.5, 0.6) is 0 Å². The topological polar surface area (TPSA) is 12.0 Å². The molecule has 104 valence electrons. The van der Waals surface area contributed by atoms with Crippen LogP contribution in [0.25, 0.3) is 0 Å². The summed E-state index contributed by atoms with van der Waals surface area (Å²) in [5.74, 6) is 1.26. The van der Waals surface area contributed by atoms with E-state index in [4.69, 9.17) is 0 Å². The van der Waals surface area contributed by atoms with E-state index in [0.717, 1.165) is 11.3 Å². The van der Waals surface area contributed by atoms with Crippen molar-refractivity contribution in [3.05, 3.63) is 33.8 Å². The Morgan fingerprint density at radius 2 is 2.21 bits per heavy atom. The van der Waals surface area contributed by atoms with Crippen LogP contribution < -0.4 is 5.32 Å². The zero-order chi connectivity index (χ0) is 13.2. The van der Waals surface area contributed by atoms with E-state index in [1.165, 1.54) is 53.5 Å². The SMILES string of the molecule is CCSC1CCC(NC2CCc3cc(Br)ccc32)C1. The van der Waals surface area contributed by atoms with Crippen molar-refractivity contribution in [1.29, 1.82) is 0 Å². The predicted molar refractivity (Wildman–Crippen MR) is 87.9 cm³/mol. The molecular formula is C16H22BrNS. The minimum Gasteiger partial charge on any atom is -0.307 e. The monoisotopic (exact) mass is 339 g/mol. The smallest absolute Gasteiger partial charge is 0.0328 e. The van der Waals surface area contributed by atoms with Gasteiger partial charge in [0.05, 0.1) is 0 Å². The summed E-state index contributed by atoms with van der Waals surface area (Å²) in [7, 11) is 0. The highest BCUT2D eigenvalue weighted by atomic mass is 79.9. The minimum atomic E-state index is 0.596. The van der Waals surface area contributed by atoms with E-state index in [0.29, 0.717) is 6.04 Å². The molecule has 3 unspecified atom stereocenters. The number of aryl methyl sites for hydroxylation is 1. The van der Waals surface area contributed by atoms with Gasteiger partial charge in [0, 0.05) is 21.8 Å². The van der Waals surface area contributed by atoms with Crippen molar-refractivity contribution in [3.8, 4) is 0 Å². The molecule has 1 fully saturated rings. The van der Waals surface area contributed by atoms with E-state index in [1.807, 2.05) is 0 Å². The summed E-state index contributed by atoms with van der Waals surface area (Å²) in [6, 6.07) is 8.11. The van der Waals surface area contributed by atoms with Crippen molar-refractivity contribution >= 4 is 27.7 Å². The van der Waals surface area contributed by atoms with Crippen molar-refractivity contribution in [2.24, 2.45) is 0 Å². The second kappa shape index (κ2) is 6.19. The summed E-state index contributed by atoms with van der Waals surface area (Å²) in [6.07, 6.45) is 6.62. The molecular weight excluding hydrogens is 318 g/mol. The van der Waals surface area contributed by atoms with Crippen molar-refractivity contribution < 1.29 is 0 Å². The van der Waals surface area contributed by atoms with E-state index in [-0.39, 0.29) is 0 Å². The van der Waals surface area contributed by atoms with Crippen LogP contribution in [0.15, 0.2) is 22.7 Å². The first kappa shape index (κ1) is 14.0. The average molecular weight is 340 g/mol.